The second-order valence-corrected chi connectivity index (χ2v) is 8.46. The van der Waals surface area contributed by atoms with E-state index in [4.69, 9.17) is 0 Å². The number of imidazole rings is 1. The van der Waals surface area contributed by atoms with Crippen LogP contribution in [0.25, 0.3) is 11.0 Å². The number of nitrogens with zero attached hydrogens (tertiary/aromatic N) is 4. The molecule has 8 nitrogen and oxygen atoms in total. The molecule has 30 heavy (non-hydrogen) atoms. The van der Waals surface area contributed by atoms with E-state index in [2.05, 4.69) is 20.9 Å². The zero-order valence-electron chi connectivity index (χ0n) is 17.8. The number of aryl methyl sites for hydroxylation is 2. The second-order valence-electron chi connectivity index (χ2n) is 8.46. The minimum Gasteiger partial charge on any atom is -0.389 e. The van der Waals surface area contributed by atoms with Gasteiger partial charge in [0.15, 0.2) is 0 Å². The summed E-state index contributed by atoms with van der Waals surface area (Å²) in [5.74, 6) is 1.04. The SMILES string of the molecule is CN(C(=O)CCCc1nc2ccccc2n1C)[C@@H]1CC[C@@H](N2CCNC(=O)C2)[C@@H]1O. The number of amides is 2. The molecule has 162 valence electrons. The first-order valence-electron chi connectivity index (χ1n) is 10.8. The van der Waals surface area contributed by atoms with E-state index in [1.54, 1.807) is 11.9 Å². The van der Waals surface area contributed by atoms with E-state index >= 15 is 0 Å². The average Bonchev–Trinajstić information content (AvgIpc) is 3.28. The highest BCUT2D eigenvalue weighted by atomic mass is 16.3. The first kappa shape index (κ1) is 20.8. The topological polar surface area (TPSA) is 90.7 Å². The van der Waals surface area contributed by atoms with Crippen LogP contribution >= 0.6 is 0 Å². The van der Waals surface area contributed by atoms with Crippen molar-refractivity contribution in [2.75, 3.05) is 26.7 Å². The van der Waals surface area contributed by atoms with Gasteiger partial charge in [-0.05, 0) is 31.4 Å². The number of nitrogens with one attached hydrogen (secondary N) is 1. The molecule has 0 unspecified atom stereocenters. The lowest BCUT2D eigenvalue weighted by molar-refractivity contribution is -0.135. The number of carbonyl (C=O) groups is 2. The first-order valence-corrected chi connectivity index (χ1v) is 10.8. The number of hydrogen-bond donors (Lipinski definition) is 2. The Hall–Kier alpha value is -2.45. The Morgan fingerprint density at radius 1 is 1.33 bits per heavy atom. The number of piperazine rings is 1. The van der Waals surface area contributed by atoms with E-state index < -0.39 is 6.10 Å². The number of para-hydroxylation sites is 2. The Kier molecular flexibility index (Phi) is 6.06. The van der Waals surface area contributed by atoms with E-state index in [0.29, 0.717) is 19.5 Å². The maximum absolute atomic E-state index is 12.8. The number of aliphatic hydroxyl groups excluding tert-OH is 1. The van der Waals surface area contributed by atoms with Crippen LogP contribution in [-0.2, 0) is 23.1 Å². The number of aliphatic hydroxyl groups is 1. The van der Waals surface area contributed by atoms with E-state index in [0.717, 1.165) is 49.1 Å². The smallest absolute Gasteiger partial charge is 0.234 e. The lowest BCUT2D eigenvalue weighted by Gasteiger charge is -2.36. The largest absolute Gasteiger partial charge is 0.389 e. The molecule has 2 fully saturated rings. The van der Waals surface area contributed by atoms with Crippen molar-refractivity contribution >= 4 is 22.8 Å². The van der Waals surface area contributed by atoms with Gasteiger partial charge in [0.25, 0.3) is 0 Å². The number of carbonyl (C=O) groups excluding carboxylic acids is 2. The van der Waals surface area contributed by atoms with Gasteiger partial charge in [-0.1, -0.05) is 12.1 Å². The lowest BCUT2D eigenvalue weighted by Crippen LogP contribution is -2.55. The predicted octanol–water partition coefficient (Wildman–Crippen LogP) is 0.678. The fraction of sp³-hybridized carbons (Fsp3) is 0.591. The Labute approximate surface area is 176 Å². The molecule has 1 aliphatic heterocycles. The molecule has 1 saturated carbocycles. The summed E-state index contributed by atoms with van der Waals surface area (Å²) in [7, 11) is 3.80. The van der Waals surface area contributed by atoms with Gasteiger partial charge in [0.2, 0.25) is 11.8 Å². The van der Waals surface area contributed by atoms with Gasteiger partial charge in [-0.2, -0.15) is 0 Å². The van der Waals surface area contributed by atoms with Gasteiger partial charge in [-0.25, -0.2) is 4.98 Å². The minimum absolute atomic E-state index is 0.00303. The summed E-state index contributed by atoms with van der Waals surface area (Å²) in [5, 5.41) is 13.7. The molecular formula is C22H31N5O3. The van der Waals surface area contributed by atoms with Crippen molar-refractivity contribution in [3.05, 3.63) is 30.1 Å². The third-order valence-corrected chi connectivity index (χ3v) is 6.65. The van der Waals surface area contributed by atoms with Gasteiger partial charge in [0.05, 0.1) is 29.7 Å². The van der Waals surface area contributed by atoms with Crippen molar-refractivity contribution < 1.29 is 14.7 Å². The fourth-order valence-corrected chi connectivity index (χ4v) is 4.88. The summed E-state index contributed by atoms with van der Waals surface area (Å²) in [5.41, 5.74) is 2.08. The van der Waals surface area contributed by atoms with Crippen molar-refractivity contribution in [3.63, 3.8) is 0 Å². The van der Waals surface area contributed by atoms with Crippen LogP contribution in [-0.4, -0.2) is 81.1 Å². The van der Waals surface area contributed by atoms with Crippen LogP contribution in [0.1, 0.15) is 31.5 Å². The van der Waals surface area contributed by atoms with Gasteiger partial charge in [-0.15, -0.1) is 0 Å². The molecule has 1 aromatic carbocycles. The van der Waals surface area contributed by atoms with Crippen molar-refractivity contribution in [2.24, 2.45) is 7.05 Å². The summed E-state index contributed by atoms with van der Waals surface area (Å²) in [6.45, 7) is 1.68. The molecule has 4 rings (SSSR count). The van der Waals surface area contributed by atoms with Gasteiger partial charge in [0.1, 0.15) is 5.82 Å². The Morgan fingerprint density at radius 3 is 2.90 bits per heavy atom. The number of benzene rings is 1. The number of hydrogen-bond acceptors (Lipinski definition) is 5. The molecule has 8 heteroatoms. The highest BCUT2D eigenvalue weighted by Gasteiger charge is 2.42. The lowest BCUT2D eigenvalue weighted by atomic mass is 10.1. The molecule has 3 atom stereocenters. The molecule has 0 bridgehead atoms. The fourth-order valence-electron chi connectivity index (χ4n) is 4.88. The van der Waals surface area contributed by atoms with Crippen LogP contribution in [0.2, 0.25) is 0 Å². The maximum atomic E-state index is 12.8. The van der Waals surface area contributed by atoms with E-state index in [1.807, 2.05) is 30.1 Å². The molecule has 0 radical (unpaired) electrons. The highest BCUT2D eigenvalue weighted by molar-refractivity contribution is 5.79. The maximum Gasteiger partial charge on any atom is 0.234 e. The highest BCUT2D eigenvalue weighted by Crippen LogP contribution is 2.29. The zero-order chi connectivity index (χ0) is 21.3. The third kappa shape index (κ3) is 4.06. The van der Waals surface area contributed by atoms with E-state index in [9.17, 15) is 14.7 Å². The zero-order valence-corrected chi connectivity index (χ0v) is 17.8. The van der Waals surface area contributed by atoms with Gasteiger partial charge < -0.3 is 19.9 Å². The summed E-state index contributed by atoms with van der Waals surface area (Å²) in [6, 6.07) is 7.78. The minimum atomic E-state index is -0.621. The number of rotatable bonds is 6. The number of fused-ring (bicyclic) bond motifs is 1. The third-order valence-electron chi connectivity index (χ3n) is 6.65. The Bertz CT molecular complexity index is 927. The van der Waals surface area contributed by atoms with Crippen molar-refractivity contribution in [3.8, 4) is 0 Å². The van der Waals surface area contributed by atoms with E-state index in [-0.39, 0.29) is 23.9 Å². The Balaban J connectivity index is 1.30. The molecule has 2 amide bonds. The quantitative estimate of drug-likeness (QED) is 0.727. The normalized spacial score (nSPS) is 24.9. The van der Waals surface area contributed by atoms with Gasteiger partial charge in [-0.3, -0.25) is 14.5 Å². The van der Waals surface area contributed by atoms with Crippen LogP contribution in [0.5, 0.6) is 0 Å². The first-order chi connectivity index (χ1) is 14.5. The van der Waals surface area contributed by atoms with E-state index in [1.165, 1.54) is 0 Å². The molecule has 0 spiro atoms. The van der Waals surface area contributed by atoms with Gasteiger partial charge in [0, 0.05) is 46.1 Å². The second kappa shape index (κ2) is 8.73. The van der Waals surface area contributed by atoms with Crippen LogP contribution < -0.4 is 5.32 Å². The molecule has 2 N–H and O–H groups in total. The van der Waals surface area contributed by atoms with Crippen molar-refractivity contribution in [1.29, 1.82) is 0 Å². The summed E-state index contributed by atoms with van der Waals surface area (Å²) in [4.78, 5) is 32.9. The molecule has 1 aromatic heterocycles. The van der Waals surface area contributed by atoms with Crippen LogP contribution in [0.4, 0.5) is 0 Å². The monoisotopic (exact) mass is 413 g/mol. The number of aromatic nitrogens is 2. The molecule has 1 aliphatic carbocycles. The number of likely N-dealkylation sites (N-methyl/N-ethyl adjacent to an activating group) is 1. The standard InChI is InChI=1S/C22H31N5O3/c1-25-16-7-4-3-6-15(16)24-19(25)8-5-9-21(29)26(2)17-10-11-18(22(17)30)27-13-12-23-20(28)14-27/h3-4,6-7,17-18,22,30H,5,8-14H2,1-2H3,(H,23,28)/t17-,18-,22-/m1/s1. The Morgan fingerprint density at radius 2 is 2.13 bits per heavy atom. The van der Waals surface area contributed by atoms with Gasteiger partial charge >= 0.3 is 0 Å². The van der Waals surface area contributed by atoms with Crippen molar-refractivity contribution in [2.45, 2.75) is 50.3 Å². The molecule has 2 heterocycles. The predicted molar refractivity (Wildman–Crippen MR) is 114 cm³/mol. The van der Waals surface area contributed by atoms with Crippen molar-refractivity contribution in [1.82, 2.24) is 24.7 Å². The summed E-state index contributed by atoms with van der Waals surface area (Å²) in [6.07, 6.45) is 2.83. The molecular weight excluding hydrogens is 382 g/mol. The van der Waals surface area contributed by atoms with Crippen LogP contribution in [0.15, 0.2) is 24.3 Å². The molecule has 1 saturated heterocycles. The van der Waals surface area contributed by atoms with Crippen LogP contribution in [0.3, 0.4) is 0 Å². The molecule has 2 aliphatic rings. The summed E-state index contributed by atoms with van der Waals surface area (Å²) >= 11 is 0. The van der Waals surface area contributed by atoms with Crippen LogP contribution in [0, 0.1) is 0 Å². The average molecular weight is 414 g/mol. The molecule has 2 aromatic rings. The summed E-state index contributed by atoms with van der Waals surface area (Å²) < 4.78 is 2.09.